The number of carboxylic acid groups (broad SMARTS) is 1. The molecule has 1 aromatic rings. The van der Waals surface area contributed by atoms with Crippen molar-refractivity contribution in [2.75, 3.05) is 12.0 Å². The molecule has 202 valence electrons. The zero-order valence-corrected chi connectivity index (χ0v) is 21.9. The summed E-state index contributed by atoms with van der Waals surface area (Å²) in [5.41, 5.74) is 6.55. The lowest BCUT2D eigenvalue weighted by Crippen LogP contribution is -2.60. The van der Waals surface area contributed by atoms with Crippen molar-refractivity contribution in [2.45, 2.75) is 70.3 Å². The van der Waals surface area contributed by atoms with Gasteiger partial charge in [0.2, 0.25) is 17.7 Å². The second-order valence-electron chi connectivity index (χ2n) is 9.08. The average molecular weight is 527 g/mol. The second kappa shape index (κ2) is 15.3. The van der Waals surface area contributed by atoms with Gasteiger partial charge < -0.3 is 37.0 Å². The maximum Gasteiger partial charge on any atom is 0.326 e. The highest BCUT2D eigenvalue weighted by Crippen LogP contribution is 2.12. The lowest BCUT2D eigenvalue weighted by molar-refractivity contribution is -0.143. The van der Waals surface area contributed by atoms with Gasteiger partial charge in [0, 0.05) is 6.42 Å². The number of aliphatic hydroxyl groups excluding tert-OH is 1. The Morgan fingerprint density at radius 1 is 0.944 bits per heavy atom. The summed E-state index contributed by atoms with van der Waals surface area (Å²) < 4.78 is 0. The van der Waals surface area contributed by atoms with E-state index in [0.717, 1.165) is 0 Å². The minimum absolute atomic E-state index is 0.0202. The van der Waals surface area contributed by atoms with Crippen LogP contribution in [0.15, 0.2) is 24.3 Å². The Bertz CT molecular complexity index is 880. The van der Waals surface area contributed by atoms with Gasteiger partial charge in [0.1, 0.15) is 23.9 Å². The Kier molecular flexibility index (Phi) is 13.3. The van der Waals surface area contributed by atoms with Gasteiger partial charge in [0.05, 0.1) is 12.1 Å². The van der Waals surface area contributed by atoms with Crippen LogP contribution in [0.5, 0.6) is 5.75 Å². The van der Waals surface area contributed by atoms with Gasteiger partial charge in [-0.3, -0.25) is 14.4 Å². The first-order valence-corrected chi connectivity index (χ1v) is 13.1. The third kappa shape index (κ3) is 10.8. The predicted octanol–water partition coefficient (Wildman–Crippen LogP) is -0.0190. The summed E-state index contributed by atoms with van der Waals surface area (Å²) >= 11 is 1.52. The van der Waals surface area contributed by atoms with Gasteiger partial charge in [-0.2, -0.15) is 11.8 Å². The third-order valence-corrected chi connectivity index (χ3v) is 6.01. The molecule has 0 saturated heterocycles. The number of carboxylic acids is 1. The molecular weight excluding hydrogens is 488 g/mol. The van der Waals surface area contributed by atoms with E-state index in [1.165, 1.54) is 30.8 Å². The van der Waals surface area contributed by atoms with E-state index < -0.39 is 54.0 Å². The van der Waals surface area contributed by atoms with Crippen LogP contribution < -0.4 is 21.7 Å². The lowest BCUT2D eigenvalue weighted by Gasteiger charge is -2.27. The van der Waals surface area contributed by atoms with Crippen molar-refractivity contribution in [1.82, 2.24) is 16.0 Å². The monoisotopic (exact) mass is 526 g/mol. The molecule has 8 N–H and O–H groups in total. The molecule has 0 aliphatic heterocycles. The summed E-state index contributed by atoms with van der Waals surface area (Å²) in [6.45, 7) is 4.89. The number of hydrogen-bond acceptors (Lipinski definition) is 8. The zero-order chi connectivity index (χ0) is 27.4. The first-order valence-electron chi connectivity index (χ1n) is 11.7. The molecule has 0 heterocycles. The fourth-order valence-electron chi connectivity index (χ4n) is 3.35. The number of nitrogens with one attached hydrogen (secondary N) is 3. The quantitative estimate of drug-likeness (QED) is 0.165. The van der Waals surface area contributed by atoms with Crippen molar-refractivity contribution in [3.8, 4) is 5.75 Å². The Hall–Kier alpha value is -2.83. The van der Waals surface area contributed by atoms with E-state index in [1.54, 1.807) is 26.0 Å². The van der Waals surface area contributed by atoms with Crippen LogP contribution in [0.4, 0.5) is 0 Å². The third-order valence-electron chi connectivity index (χ3n) is 5.36. The SMILES string of the molecule is CSCCC(N)C(=O)NC(Cc1ccc(O)cc1)C(=O)NC(C(=O)NC(CC(C)C)C(=O)O)C(C)O. The standard InChI is InChI=1S/C24H38N4O7S/c1-13(2)11-19(24(34)35)27-23(33)20(14(3)29)28-22(32)18(12-15-5-7-16(30)8-6-15)26-21(31)17(25)9-10-36-4/h5-8,13-14,17-20,29-30H,9-12,25H2,1-4H3,(H,26,31)(H,27,33)(H,28,32)(H,34,35). The molecular formula is C24H38N4O7S. The highest BCUT2D eigenvalue weighted by atomic mass is 32.2. The van der Waals surface area contributed by atoms with Crippen LogP contribution in [0.2, 0.25) is 0 Å². The molecule has 0 radical (unpaired) electrons. The van der Waals surface area contributed by atoms with Crippen LogP contribution in [-0.2, 0) is 25.6 Å². The van der Waals surface area contributed by atoms with Crippen molar-refractivity contribution in [2.24, 2.45) is 11.7 Å². The fourth-order valence-corrected chi connectivity index (χ4v) is 3.83. The Morgan fingerprint density at radius 3 is 2.03 bits per heavy atom. The summed E-state index contributed by atoms with van der Waals surface area (Å²) in [5.74, 6) is -2.75. The Morgan fingerprint density at radius 2 is 1.53 bits per heavy atom. The molecule has 0 fully saturated rings. The minimum Gasteiger partial charge on any atom is -0.508 e. The van der Waals surface area contributed by atoms with Gasteiger partial charge >= 0.3 is 5.97 Å². The summed E-state index contributed by atoms with van der Waals surface area (Å²) in [5, 5.41) is 36.5. The van der Waals surface area contributed by atoms with Crippen molar-refractivity contribution in [3.63, 3.8) is 0 Å². The van der Waals surface area contributed by atoms with Gasteiger partial charge in [-0.05, 0) is 55.4 Å². The van der Waals surface area contributed by atoms with Gasteiger partial charge in [-0.15, -0.1) is 0 Å². The molecule has 0 saturated carbocycles. The number of aromatic hydroxyl groups is 1. The number of phenols is 1. The number of carbonyl (C=O) groups excluding carboxylic acids is 3. The van der Waals surface area contributed by atoms with E-state index in [4.69, 9.17) is 5.73 Å². The molecule has 0 aromatic heterocycles. The van der Waals surface area contributed by atoms with Gasteiger partial charge in [0.25, 0.3) is 0 Å². The van der Waals surface area contributed by atoms with Crippen molar-refractivity contribution < 1.29 is 34.5 Å². The maximum atomic E-state index is 13.2. The van der Waals surface area contributed by atoms with Crippen molar-refractivity contribution in [1.29, 1.82) is 0 Å². The summed E-state index contributed by atoms with van der Waals surface area (Å²) in [7, 11) is 0. The number of aliphatic hydroxyl groups is 1. The summed E-state index contributed by atoms with van der Waals surface area (Å²) in [6, 6.07) is 1.37. The lowest BCUT2D eigenvalue weighted by atomic mass is 10.0. The molecule has 1 rings (SSSR count). The second-order valence-corrected chi connectivity index (χ2v) is 10.1. The normalized spacial score (nSPS) is 15.3. The van der Waals surface area contributed by atoms with Crippen LogP contribution in [0.1, 0.15) is 39.2 Å². The largest absolute Gasteiger partial charge is 0.508 e. The Labute approximate surface area is 215 Å². The molecule has 11 nitrogen and oxygen atoms in total. The van der Waals surface area contributed by atoms with Crippen LogP contribution in [0.3, 0.4) is 0 Å². The number of aliphatic carboxylic acids is 1. The fraction of sp³-hybridized carbons (Fsp3) is 0.583. The van der Waals surface area contributed by atoms with Crippen LogP contribution in [-0.4, -0.2) is 81.3 Å². The first kappa shape index (κ1) is 31.2. The highest BCUT2D eigenvalue weighted by Gasteiger charge is 2.33. The van der Waals surface area contributed by atoms with E-state index in [0.29, 0.717) is 17.7 Å². The number of nitrogens with two attached hydrogens (primary N) is 1. The molecule has 5 unspecified atom stereocenters. The summed E-state index contributed by atoms with van der Waals surface area (Å²) in [4.78, 5) is 50.1. The molecule has 3 amide bonds. The van der Waals surface area contributed by atoms with Crippen LogP contribution in [0, 0.1) is 5.92 Å². The van der Waals surface area contributed by atoms with Gasteiger partial charge in [0.15, 0.2) is 0 Å². The topological polar surface area (TPSA) is 191 Å². The highest BCUT2D eigenvalue weighted by molar-refractivity contribution is 7.98. The number of phenolic OH excluding ortho intramolecular Hbond substituents is 1. The molecule has 0 bridgehead atoms. The van der Waals surface area contributed by atoms with E-state index in [1.807, 2.05) is 6.26 Å². The zero-order valence-electron chi connectivity index (χ0n) is 21.1. The van der Waals surface area contributed by atoms with Crippen LogP contribution in [0.25, 0.3) is 0 Å². The van der Waals surface area contributed by atoms with E-state index in [-0.39, 0.29) is 24.5 Å². The molecule has 0 aliphatic rings. The molecule has 0 spiro atoms. The van der Waals surface area contributed by atoms with E-state index in [9.17, 15) is 34.5 Å². The van der Waals surface area contributed by atoms with Crippen LogP contribution >= 0.6 is 11.8 Å². The number of rotatable bonds is 15. The molecule has 0 aliphatic carbocycles. The average Bonchev–Trinajstić information content (AvgIpc) is 2.80. The molecule has 36 heavy (non-hydrogen) atoms. The number of benzene rings is 1. The number of amides is 3. The molecule has 5 atom stereocenters. The summed E-state index contributed by atoms with van der Waals surface area (Å²) in [6.07, 6.45) is 1.10. The number of carbonyl (C=O) groups is 4. The van der Waals surface area contributed by atoms with Gasteiger partial charge in [-0.1, -0.05) is 26.0 Å². The Balaban J connectivity index is 3.08. The predicted molar refractivity (Wildman–Crippen MR) is 137 cm³/mol. The number of thioether (sulfide) groups is 1. The minimum atomic E-state index is -1.46. The van der Waals surface area contributed by atoms with E-state index >= 15 is 0 Å². The molecule has 12 heteroatoms. The molecule has 1 aromatic carbocycles. The number of hydrogen-bond donors (Lipinski definition) is 7. The van der Waals surface area contributed by atoms with Gasteiger partial charge in [-0.25, -0.2) is 4.79 Å². The maximum absolute atomic E-state index is 13.2. The van der Waals surface area contributed by atoms with E-state index in [2.05, 4.69) is 16.0 Å². The smallest absolute Gasteiger partial charge is 0.326 e. The van der Waals surface area contributed by atoms with Crippen molar-refractivity contribution in [3.05, 3.63) is 29.8 Å². The first-order chi connectivity index (χ1) is 16.8. The van der Waals surface area contributed by atoms with Crippen molar-refractivity contribution >= 4 is 35.5 Å².